The molecule has 2 amide bonds. The highest BCUT2D eigenvalue weighted by Crippen LogP contribution is 2.19. The van der Waals surface area contributed by atoms with E-state index in [1.54, 1.807) is 0 Å². The fourth-order valence-electron chi connectivity index (χ4n) is 2.72. The highest BCUT2D eigenvalue weighted by Gasteiger charge is 2.30. The maximum atomic E-state index is 12.4. The summed E-state index contributed by atoms with van der Waals surface area (Å²) in [6, 6.07) is -0.238. The van der Waals surface area contributed by atoms with Crippen LogP contribution in [0, 0.1) is 0 Å². The van der Waals surface area contributed by atoms with Crippen LogP contribution in [0.2, 0.25) is 0 Å². The predicted octanol–water partition coefficient (Wildman–Crippen LogP) is 2.86. The number of carbonyl (C=O) groups excluding carboxylic acids is 2. The maximum absolute atomic E-state index is 12.4. The second kappa shape index (κ2) is 9.78. The molecule has 4 heteroatoms. The zero-order valence-electron chi connectivity index (χ0n) is 13.1. The van der Waals surface area contributed by atoms with Crippen LogP contribution >= 0.6 is 0 Å². The van der Waals surface area contributed by atoms with Crippen molar-refractivity contribution in [3.63, 3.8) is 0 Å². The van der Waals surface area contributed by atoms with E-state index in [2.05, 4.69) is 12.2 Å². The number of amides is 2. The molecule has 116 valence electrons. The van der Waals surface area contributed by atoms with Gasteiger partial charge in [0, 0.05) is 19.5 Å². The first-order valence-corrected chi connectivity index (χ1v) is 8.27. The molecule has 1 rings (SSSR count). The SMILES string of the molecule is CCCCCC(=O)N1CCCCCC1C(=O)NCCC. The van der Waals surface area contributed by atoms with Gasteiger partial charge in [-0.05, 0) is 25.7 Å². The second-order valence-corrected chi connectivity index (χ2v) is 5.70. The Bertz CT molecular complexity index is 305. The Labute approximate surface area is 123 Å². The predicted molar refractivity (Wildman–Crippen MR) is 81.4 cm³/mol. The summed E-state index contributed by atoms with van der Waals surface area (Å²) in [6.45, 7) is 5.63. The molecule has 4 nitrogen and oxygen atoms in total. The lowest BCUT2D eigenvalue weighted by Crippen LogP contribution is -2.49. The van der Waals surface area contributed by atoms with E-state index in [9.17, 15) is 9.59 Å². The fraction of sp³-hybridized carbons (Fsp3) is 0.875. The first-order valence-electron chi connectivity index (χ1n) is 8.27. The van der Waals surface area contributed by atoms with Gasteiger partial charge in [0.05, 0.1) is 0 Å². The van der Waals surface area contributed by atoms with Crippen LogP contribution in [0.1, 0.15) is 71.6 Å². The van der Waals surface area contributed by atoms with Gasteiger partial charge in [-0.3, -0.25) is 9.59 Å². The molecule has 0 aromatic heterocycles. The Hall–Kier alpha value is -1.06. The first kappa shape index (κ1) is 17.0. The van der Waals surface area contributed by atoms with Gasteiger partial charge < -0.3 is 10.2 Å². The molecule has 0 aromatic carbocycles. The Morgan fingerprint density at radius 2 is 1.90 bits per heavy atom. The molecule has 1 atom stereocenters. The Morgan fingerprint density at radius 1 is 1.10 bits per heavy atom. The molecule has 1 aliphatic heterocycles. The number of carbonyl (C=O) groups is 2. The van der Waals surface area contributed by atoms with Gasteiger partial charge >= 0.3 is 0 Å². The van der Waals surface area contributed by atoms with Crippen molar-refractivity contribution in [1.29, 1.82) is 0 Å². The van der Waals surface area contributed by atoms with Gasteiger partial charge in [0.25, 0.3) is 0 Å². The van der Waals surface area contributed by atoms with Gasteiger partial charge in [-0.1, -0.05) is 39.5 Å². The number of nitrogens with one attached hydrogen (secondary N) is 1. The van der Waals surface area contributed by atoms with Gasteiger partial charge in [0.1, 0.15) is 6.04 Å². The minimum atomic E-state index is -0.238. The molecule has 1 aliphatic rings. The molecule has 0 saturated carbocycles. The van der Waals surface area contributed by atoms with Crippen LogP contribution in [0.5, 0.6) is 0 Å². The third-order valence-electron chi connectivity index (χ3n) is 3.92. The molecule has 1 saturated heterocycles. The summed E-state index contributed by atoms with van der Waals surface area (Å²) in [7, 11) is 0. The van der Waals surface area contributed by atoms with Crippen molar-refractivity contribution in [3.05, 3.63) is 0 Å². The number of hydrogen-bond acceptors (Lipinski definition) is 2. The van der Waals surface area contributed by atoms with Crippen LogP contribution in [0.15, 0.2) is 0 Å². The third-order valence-corrected chi connectivity index (χ3v) is 3.92. The normalized spacial score (nSPS) is 19.5. The summed E-state index contributed by atoms with van der Waals surface area (Å²) in [4.78, 5) is 26.5. The van der Waals surface area contributed by atoms with Crippen LogP contribution in [-0.2, 0) is 9.59 Å². The van der Waals surface area contributed by atoms with Crippen LogP contribution < -0.4 is 5.32 Å². The molecule has 0 spiro atoms. The molecule has 20 heavy (non-hydrogen) atoms. The molecule has 1 unspecified atom stereocenters. The summed E-state index contributed by atoms with van der Waals surface area (Å²) in [5.74, 6) is 0.203. The lowest BCUT2D eigenvalue weighted by atomic mass is 10.1. The van der Waals surface area contributed by atoms with Gasteiger partial charge in [0.15, 0.2) is 0 Å². The van der Waals surface area contributed by atoms with E-state index in [1.165, 1.54) is 0 Å². The lowest BCUT2D eigenvalue weighted by molar-refractivity contribution is -0.140. The molecular formula is C16H30N2O2. The van der Waals surface area contributed by atoms with E-state index in [4.69, 9.17) is 0 Å². The summed E-state index contributed by atoms with van der Waals surface area (Å²) in [5, 5.41) is 2.95. The zero-order valence-corrected chi connectivity index (χ0v) is 13.1. The summed E-state index contributed by atoms with van der Waals surface area (Å²) in [5.41, 5.74) is 0. The summed E-state index contributed by atoms with van der Waals surface area (Å²) in [6.07, 6.45) is 8.68. The largest absolute Gasteiger partial charge is 0.354 e. The number of nitrogens with zero attached hydrogens (tertiary/aromatic N) is 1. The van der Waals surface area contributed by atoms with E-state index in [0.717, 1.165) is 57.9 Å². The molecular weight excluding hydrogens is 252 g/mol. The van der Waals surface area contributed by atoms with Crippen molar-refractivity contribution in [1.82, 2.24) is 10.2 Å². The highest BCUT2D eigenvalue weighted by atomic mass is 16.2. The van der Waals surface area contributed by atoms with Crippen molar-refractivity contribution < 1.29 is 9.59 Å². The smallest absolute Gasteiger partial charge is 0.242 e. The zero-order chi connectivity index (χ0) is 14.8. The van der Waals surface area contributed by atoms with Crippen molar-refractivity contribution in [3.8, 4) is 0 Å². The van der Waals surface area contributed by atoms with E-state index in [0.29, 0.717) is 13.0 Å². The maximum Gasteiger partial charge on any atom is 0.242 e. The highest BCUT2D eigenvalue weighted by molar-refractivity contribution is 5.87. The van der Waals surface area contributed by atoms with Gasteiger partial charge in [-0.15, -0.1) is 0 Å². The molecule has 0 radical (unpaired) electrons. The van der Waals surface area contributed by atoms with Crippen LogP contribution in [0.3, 0.4) is 0 Å². The minimum Gasteiger partial charge on any atom is -0.354 e. The average Bonchev–Trinajstić information content (AvgIpc) is 2.70. The molecule has 0 bridgehead atoms. The number of likely N-dealkylation sites (tertiary alicyclic amines) is 1. The number of rotatable bonds is 7. The standard InChI is InChI=1S/C16H30N2O2/c1-3-5-7-11-15(19)18-13-9-6-8-10-14(18)16(20)17-12-4-2/h14H,3-13H2,1-2H3,(H,17,20). The second-order valence-electron chi connectivity index (χ2n) is 5.70. The molecule has 1 heterocycles. The summed E-state index contributed by atoms with van der Waals surface area (Å²) < 4.78 is 0. The first-order chi connectivity index (χ1) is 9.70. The Morgan fingerprint density at radius 3 is 2.60 bits per heavy atom. The van der Waals surface area contributed by atoms with Crippen molar-refractivity contribution in [2.24, 2.45) is 0 Å². The lowest BCUT2D eigenvalue weighted by Gasteiger charge is -2.29. The number of hydrogen-bond donors (Lipinski definition) is 1. The summed E-state index contributed by atoms with van der Waals surface area (Å²) >= 11 is 0. The van der Waals surface area contributed by atoms with Crippen LogP contribution in [-0.4, -0.2) is 35.8 Å². The van der Waals surface area contributed by atoms with Crippen molar-refractivity contribution in [2.45, 2.75) is 77.7 Å². The molecule has 0 aromatic rings. The van der Waals surface area contributed by atoms with E-state index in [1.807, 2.05) is 11.8 Å². The van der Waals surface area contributed by atoms with Crippen molar-refractivity contribution >= 4 is 11.8 Å². The Kier molecular flexibility index (Phi) is 8.31. The van der Waals surface area contributed by atoms with Gasteiger partial charge in [0.2, 0.25) is 11.8 Å². The molecule has 1 N–H and O–H groups in total. The van der Waals surface area contributed by atoms with Gasteiger partial charge in [-0.2, -0.15) is 0 Å². The molecule has 0 aliphatic carbocycles. The monoisotopic (exact) mass is 282 g/mol. The average molecular weight is 282 g/mol. The van der Waals surface area contributed by atoms with Crippen LogP contribution in [0.25, 0.3) is 0 Å². The number of unbranched alkanes of at least 4 members (excludes halogenated alkanes) is 2. The van der Waals surface area contributed by atoms with E-state index >= 15 is 0 Å². The minimum absolute atomic E-state index is 0.0394. The van der Waals surface area contributed by atoms with Crippen LogP contribution in [0.4, 0.5) is 0 Å². The van der Waals surface area contributed by atoms with Crippen molar-refractivity contribution in [2.75, 3.05) is 13.1 Å². The van der Waals surface area contributed by atoms with E-state index < -0.39 is 0 Å². The third kappa shape index (κ3) is 5.51. The molecule has 1 fully saturated rings. The topological polar surface area (TPSA) is 49.4 Å². The quantitative estimate of drug-likeness (QED) is 0.730. The van der Waals surface area contributed by atoms with E-state index in [-0.39, 0.29) is 17.9 Å². The fourth-order valence-corrected chi connectivity index (χ4v) is 2.72. The van der Waals surface area contributed by atoms with Gasteiger partial charge in [-0.25, -0.2) is 0 Å². The Balaban J connectivity index is 2.60.